The van der Waals surface area contributed by atoms with Crippen molar-refractivity contribution in [1.29, 1.82) is 0 Å². The molecule has 0 N–H and O–H groups in total. The van der Waals surface area contributed by atoms with Crippen LogP contribution in [0.5, 0.6) is 5.75 Å². The van der Waals surface area contributed by atoms with Crippen LogP contribution in [0.15, 0.2) is 60.1 Å². The Morgan fingerprint density at radius 3 is 2.92 bits per heavy atom. The molecule has 0 atom stereocenters. The van der Waals surface area contributed by atoms with Gasteiger partial charge in [-0.15, -0.1) is 6.58 Å². The highest BCUT2D eigenvalue weighted by Crippen LogP contribution is 2.21. The molecule has 1 amide bonds. The van der Waals surface area contributed by atoms with Gasteiger partial charge in [-0.05, 0) is 37.3 Å². The molecular weight excluding hydrogens is 339 g/mol. The van der Waals surface area contributed by atoms with Crippen LogP contribution in [-0.2, 0) is 6.54 Å². The topological polar surface area (TPSA) is 43.6 Å². The van der Waals surface area contributed by atoms with Gasteiger partial charge in [-0.3, -0.25) is 4.79 Å². The van der Waals surface area contributed by atoms with Crippen molar-refractivity contribution in [3.8, 4) is 5.75 Å². The minimum absolute atomic E-state index is 0.320. The first kappa shape index (κ1) is 17.1. The minimum Gasteiger partial charge on any atom is -0.493 e. The lowest BCUT2D eigenvalue weighted by molar-refractivity contribution is 0.0994. The van der Waals surface area contributed by atoms with Gasteiger partial charge in [0, 0.05) is 6.54 Å². The number of halogens is 1. The number of rotatable bonds is 5. The Labute approximate surface area is 148 Å². The van der Waals surface area contributed by atoms with Gasteiger partial charge in [0.25, 0.3) is 5.91 Å². The number of hydrogen-bond acceptors (Lipinski definition) is 3. The van der Waals surface area contributed by atoms with E-state index in [1.54, 1.807) is 30.3 Å². The molecule has 0 aliphatic carbocycles. The highest BCUT2D eigenvalue weighted by molar-refractivity contribution is 7.16. The van der Waals surface area contributed by atoms with Crippen LogP contribution in [-0.4, -0.2) is 17.1 Å². The van der Waals surface area contributed by atoms with Crippen LogP contribution in [0.3, 0.4) is 0 Å². The zero-order chi connectivity index (χ0) is 17.8. The van der Waals surface area contributed by atoms with Crippen molar-refractivity contribution in [2.45, 2.75) is 13.5 Å². The largest absolute Gasteiger partial charge is 0.493 e. The Balaban J connectivity index is 2.13. The van der Waals surface area contributed by atoms with Crippen LogP contribution in [0.4, 0.5) is 4.39 Å². The molecule has 0 bridgehead atoms. The van der Waals surface area contributed by atoms with Crippen LogP contribution in [0.25, 0.3) is 10.2 Å². The summed E-state index contributed by atoms with van der Waals surface area (Å²) in [5.74, 6) is -0.214. The van der Waals surface area contributed by atoms with Gasteiger partial charge in [0.2, 0.25) is 0 Å². The molecule has 0 saturated heterocycles. The van der Waals surface area contributed by atoms with Gasteiger partial charge < -0.3 is 9.30 Å². The van der Waals surface area contributed by atoms with E-state index in [1.165, 1.54) is 23.5 Å². The van der Waals surface area contributed by atoms with Gasteiger partial charge in [0.05, 0.1) is 22.4 Å². The lowest BCUT2D eigenvalue weighted by Gasteiger charge is -2.06. The molecule has 6 heteroatoms. The molecule has 0 saturated carbocycles. The Morgan fingerprint density at radius 2 is 2.16 bits per heavy atom. The van der Waals surface area contributed by atoms with Crippen LogP contribution >= 0.6 is 11.3 Å². The molecular formula is C19H17FN2O2S. The maximum absolute atomic E-state index is 13.5. The highest BCUT2D eigenvalue weighted by atomic mass is 32.1. The first-order chi connectivity index (χ1) is 12.1. The highest BCUT2D eigenvalue weighted by Gasteiger charge is 2.13. The van der Waals surface area contributed by atoms with Crippen molar-refractivity contribution >= 4 is 27.5 Å². The predicted molar refractivity (Wildman–Crippen MR) is 97.5 cm³/mol. The van der Waals surface area contributed by atoms with E-state index in [9.17, 15) is 9.18 Å². The zero-order valence-corrected chi connectivity index (χ0v) is 14.6. The summed E-state index contributed by atoms with van der Waals surface area (Å²) < 4.78 is 21.6. The first-order valence-corrected chi connectivity index (χ1v) is 8.66. The van der Waals surface area contributed by atoms with Crippen molar-refractivity contribution in [1.82, 2.24) is 4.57 Å². The third kappa shape index (κ3) is 3.53. The number of carbonyl (C=O) groups excluding carboxylic acids is 1. The van der Waals surface area contributed by atoms with Crippen molar-refractivity contribution in [2.75, 3.05) is 6.61 Å². The SMILES string of the molecule is C=CCn1c(=NC(=O)c2ccccc2OCC)sc2cc(F)ccc21. The molecule has 1 aromatic heterocycles. The second-order valence-electron chi connectivity index (χ2n) is 5.24. The van der Waals surface area contributed by atoms with Crippen molar-refractivity contribution in [3.05, 3.63) is 71.3 Å². The minimum atomic E-state index is -0.395. The normalized spacial score (nSPS) is 11.7. The second kappa shape index (κ2) is 7.44. The summed E-state index contributed by atoms with van der Waals surface area (Å²) in [7, 11) is 0. The third-order valence-corrected chi connectivity index (χ3v) is 4.61. The zero-order valence-electron chi connectivity index (χ0n) is 13.7. The summed E-state index contributed by atoms with van der Waals surface area (Å²) in [4.78, 5) is 17.4. The average Bonchev–Trinajstić information content (AvgIpc) is 2.92. The maximum Gasteiger partial charge on any atom is 0.283 e. The van der Waals surface area contributed by atoms with Crippen LogP contribution in [0.2, 0.25) is 0 Å². The number of fused-ring (bicyclic) bond motifs is 1. The van der Waals surface area contributed by atoms with E-state index in [1.807, 2.05) is 17.6 Å². The summed E-state index contributed by atoms with van der Waals surface area (Å²) in [6.07, 6.45) is 1.72. The van der Waals surface area contributed by atoms with Crippen molar-refractivity contribution < 1.29 is 13.9 Å². The van der Waals surface area contributed by atoms with Crippen LogP contribution in [0, 0.1) is 5.82 Å². The standard InChI is InChI=1S/C19H17FN2O2S/c1-3-11-22-15-10-9-13(20)12-17(15)25-19(22)21-18(23)14-7-5-6-8-16(14)24-4-2/h3,5-10,12H,1,4,11H2,2H3. The van der Waals surface area contributed by atoms with Gasteiger partial charge in [0.15, 0.2) is 4.80 Å². The number of aromatic nitrogens is 1. The third-order valence-electron chi connectivity index (χ3n) is 3.57. The average molecular weight is 356 g/mol. The van der Waals surface area contributed by atoms with E-state index >= 15 is 0 Å². The summed E-state index contributed by atoms with van der Waals surface area (Å²) >= 11 is 1.27. The summed E-state index contributed by atoms with van der Waals surface area (Å²) in [5.41, 5.74) is 1.22. The summed E-state index contributed by atoms with van der Waals surface area (Å²) in [6, 6.07) is 11.5. The molecule has 0 aliphatic rings. The molecule has 3 rings (SSSR count). The number of thiazole rings is 1. The predicted octanol–water partition coefficient (Wildman–Crippen LogP) is 4.17. The summed E-state index contributed by atoms with van der Waals surface area (Å²) in [5, 5.41) is 0. The number of hydrogen-bond donors (Lipinski definition) is 0. The Bertz CT molecular complexity index is 1000. The van der Waals surface area contributed by atoms with Gasteiger partial charge in [0.1, 0.15) is 11.6 Å². The maximum atomic E-state index is 13.5. The molecule has 4 nitrogen and oxygen atoms in total. The van der Waals surface area contributed by atoms with E-state index in [-0.39, 0.29) is 5.82 Å². The fourth-order valence-electron chi connectivity index (χ4n) is 2.51. The van der Waals surface area contributed by atoms with Gasteiger partial charge >= 0.3 is 0 Å². The molecule has 3 aromatic rings. The van der Waals surface area contributed by atoms with E-state index in [2.05, 4.69) is 11.6 Å². The van der Waals surface area contributed by atoms with E-state index in [4.69, 9.17) is 4.74 Å². The molecule has 0 unspecified atom stereocenters. The number of amides is 1. The second-order valence-corrected chi connectivity index (χ2v) is 6.25. The Kier molecular flexibility index (Phi) is 5.09. The van der Waals surface area contributed by atoms with E-state index in [0.29, 0.717) is 29.3 Å². The van der Waals surface area contributed by atoms with Crippen LogP contribution in [0.1, 0.15) is 17.3 Å². The molecule has 1 heterocycles. The number of benzene rings is 2. The number of ether oxygens (including phenoxy) is 1. The number of allylic oxidation sites excluding steroid dienone is 1. The van der Waals surface area contributed by atoms with E-state index < -0.39 is 5.91 Å². The molecule has 0 aliphatic heterocycles. The lowest BCUT2D eigenvalue weighted by Crippen LogP contribution is -2.16. The van der Waals surface area contributed by atoms with Gasteiger partial charge in [-0.2, -0.15) is 4.99 Å². The monoisotopic (exact) mass is 356 g/mol. The molecule has 2 aromatic carbocycles. The van der Waals surface area contributed by atoms with Gasteiger partial charge in [-0.25, -0.2) is 4.39 Å². The number of carbonyl (C=O) groups is 1. The first-order valence-electron chi connectivity index (χ1n) is 7.84. The lowest BCUT2D eigenvalue weighted by atomic mass is 10.2. The van der Waals surface area contributed by atoms with E-state index in [0.717, 1.165) is 10.2 Å². The van der Waals surface area contributed by atoms with Crippen molar-refractivity contribution in [2.24, 2.45) is 4.99 Å². The Hall–Kier alpha value is -2.73. The van der Waals surface area contributed by atoms with Gasteiger partial charge in [-0.1, -0.05) is 29.5 Å². The molecule has 0 radical (unpaired) electrons. The fourth-order valence-corrected chi connectivity index (χ4v) is 3.57. The summed E-state index contributed by atoms with van der Waals surface area (Å²) in [6.45, 7) is 6.54. The number of nitrogens with zero attached hydrogens (tertiary/aromatic N) is 2. The molecule has 0 fully saturated rings. The van der Waals surface area contributed by atoms with Crippen molar-refractivity contribution in [3.63, 3.8) is 0 Å². The molecule has 128 valence electrons. The molecule has 25 heavy (non-hydrogen) atoms. The smallest absolute Gasteiger partial charge is 0.283 e. The quantitative estimate of drug-likeness (QED) is 0.644. The number of para-hydroxylation sites is 1. The Morgan fingerprint density at radius 1 is 1.36 bits per heavy atom. The molecule has 0 spiro atoms. The fraction of sp³-hybridized carbons (Fsp3) is 0.158. The van der Waals surface area contributed by atoms with Crippen LogP contribution < -0.4 is 9.54 Å².